The van der Waals surface area contributed by atoms with E-state index in [1.165, 1.54) is 0 Å². The molecular formula is C11H22N2O. The van der Waals surface area contributed by atoms with Crippen molar-refractivity contribution in [1.29, 1.82) is 0 Å². The topological polar surface area (TPSA) is 32.3 Å². The van der Waals surface area contributed by atoms with Crippen molar-refractivity contribution in [2.75, 3.05) is 6.67 Å². The molecule has 1 heterocycles. The Labute approximate surface area is 86.9 Å². The first-order valence-corrected chi connectivity index (χ1v) is 5.49. The van der Waals surface area contributed by atoms with Gasteiger partial charge in [0.15, 0.2) is 0 Å². The van der Waals surface area contributed by atoms with Crippen LogP contribution in [-0.4, -0.2) is 29.6 Å². The highest BCUT2D eigenvalue weighted by Gasteiger charge is 2.36. The summed E-state index contributed by atoms with van der Waals surface area (Å²) < 4.78 is 0. The van der Waals surface area contributed by atoms with Gasteiger partial charge in [0.2, 0.25) is 5.91 Å². The Balaban J connectivity index is 2.64. The number of amides is 1. The molecule has 3 nitrogen and oxygen atoms in total. The second-order valence-electron chi connectivity index (χ2n) is 4.88. The summed E-state index contributed by atoms with van der Waals surface area (Å²) in [5.41, 5.74) is 0. The molecule has 2 atom stereocenters. The largest absolute Gasteiger partial charge is 0.326 e. The Kier molecular flexibility index (Phi) is 3.53. The van der Waals surface area contributed by atoms with Crippen molar-refractivity contribution in [3.8, 4) is 0 Å². The van der Waals surface area contributed by atoms with Gasteiger partial charge >= 0.3 is 0 Å². The van der Waals surface area contributed by atoms with Crippen LogP contribution in [0.3, 0.4) is 0 Å². The van der Waals surface area contributed by atoms with Crippen LogP contribution in [0.25, 0.3) is 0 Å². The van der Waals surface area contributed by atoms with E-state index >= 15 is 0 Å². The third kappa shape index (κ3) is 2.08. The minimum atomic E-state index is 0.0243. The molecule has 1 N–H and O–H groups in total. The van der Waals surface area contributed by atoms with E-state index in [-0.39, 0.29) is 11.9 Å². The zero-order chi connectivity index (χ0) is 10.9. The first-order chi connectivity index (χ1) is 6.45. The quantitative estimate of drug-likeness (QED) is 0.744. The van der Waals surface area contributed by atoms with E-state index in [4.69, 9.17) is 0 Å². The van der Waals surface area contributed by atoms with Gasteiger partial charge in [0.1, 0.15) is 0 Å². The predicted molar refractivity (Wildman–Crippen MR) is 57.8 cm³/mol. The minimum Gasteiger partial charge on any atom is -0.326 e. The van der Waals surface area contributed by atoms with Crippen LogP contribution in [0, 0.1) is 11.8 Å². The van der Waals surface area contributed by atoms with Gasteiger partial charge < -0.3 is 4.90 Å². The Morgan fingerprint density at radius 1 is 1.29 bits per heavy atom. The van der Waals surface area contributed by atoms with Gasteiger partial charge in [-0.05, 0) is 18.8 Å². The van der Waals surface area contributed by atoms with Crippen molar-refractivity contribution in [2.24, 2.45) is 11.8 Å². The van der Waals surface area contributed by atoms with E-state index in [2.05, 4.69) is 39.9 Å². The number of hydrogen-bond donors (Lipinski definition) is 1. The normalized spacial score (nSPS) is 25.2. The van der Waals surface area contributed by atoms with Crippen molar-refractivity contribution in [3.63, 3.8) is 0 Å². The Hall–Kier alpha value is -0.570. The lowest BCUT2D eigenvalue weighted by Gasteiger charge is -2.27. The molecule has 3 heteroatoms. The fraction of sp³-hybridized carbons (Fsp3) is 0.909. The summed E-state index contributed by atoms with van der Waals surface area (Å²) in [6.45, 7) is 11.3. The molecule has 1 saturated heterocycles. The summed E-state index contributed by atoms with van der Waals surface area (Å²) >= 11 is 0. The zero-order valence-corrected chi connectivity index (χ0v) is 9.87. The lowest BCUT2D eigenvalue weighted by Crippen LogP contribution is -2.40. The third-order valence-electron chi connectivity index (χ3n) is 3.15. The minimum absolute atomic E-state index is 0.0243. The standard InChI is InChI=1S/C11H22N2O/c1-7(2)9(5)13-6-12-10(8(3)4)11(13)14/h7-10,12H,6H2,1-5H3. The van der Waals surface area contributed by atoms with E-state index in [9.17, 15) is 4.79 Å². The molecule has 0 aromatic rings. The van der Waals surface area contributed by atoms with E-state index in [0.717, 1.165) is 0 Å². The van der Waals surface area contributed by atoms with Crippen molar-refractivity contribution in [1.82, 2.24) is 10.2 Å². The molecule has 0 aromatic carbocycles. The smallest absolute Gasteiger partial charge is 0.241 e. The Bertz CT molecular complexity index is 213. The van der Waals surface area contributed by atoms with E-state index in [1.807, 2.05) is 4.90 Å². The Morgan fingerprint density at radius 3 is 2.21 bits per heavy atom. The number of hydrogen-bond acceptors (Lipinski definition) is 2. The Morgan fingerprint density at radius 2 is 1.86 bits per heavy atom. The average Bonchev–Trinajstić information content (AvgIpc) is 2.45. The SMILES string of the molecule is CC(C)C1NCN(C(C)C(C)C)C1=O. The zero-order valence-electron chi connectivity index (χ0n) is 9.87. The predicted octanol–water partition coefficient (Wildman–Crippen LogP) is 1.44. The van der Waals surface area contributed by atoms with Crippen molar-refractivity contribution >= 4 is 5.91 Å². The van der Waals surface area contributed by atoms with Crippen LogP contribution >= 0.6 is 0 Å². The summed E-state index contributed by atoms with van der Waals surface area (Å²) in [6, 6.07) is 0.356. The number of nitrogens with zero attached hydrogens (tertiary/aromatic N) is 1. The fourth-order valence-electron chi connectivity index (χ4n) is 1.77. The van der Waals surface area contributed by atoms with Crippen LogP contribution in [0.1, 0.15) is 34.6 Å². The molecule has 0 bridgehead atoms. The molecule has 1 aliphatic heterocycles. The summed E-state index contributed by atoms with van der Waals surface area (Å²) in [5, 5.41) is 3.27. The highest BCUT2D eigenvalue weighted by molar-refractivity contribution is 5.84. The third-order valence-corrected chi connectivity index (χ3v) is 3.15. The van der Waals surface area contributed by atoms with Crippen molar-refractivity contribution in [2.45, 2.75) is 46.7 Å². The van der Waals surface area contributed by atoms with Gasteiger partial charge in [0.05, 0.1) is 12.7 Å². The average molecular weight is 198 g/mol. The molecule has 1 fully saturated rings. The molecule has 1 aliphatic rings. The first kappa shape index (κ1) is 11.5. The first-order valence-electron chi connectivity index (χ1n) is 5.49. The van der Waals surface area contributed by atoms with Crippen LogP contribution in [0.15, 0.2) is 0 Å². The van der Waals surface area contributed by atoms with Crippen LogP contribution in [-0.2, 0) is 4.79 Å². The van der Waals surface area contributed by atoms with Crippen LogP contribution in [0.4, 0.5) is 0 Å². The number of nitrogens with one attached hydrogen (secondary N) is 1. The van der Waals surface area contributed by atoms with E-state index < -0.39 is 0 Å². The monoisotopic (exact) mass is 198 g/mol. The molecule has 1 rings (SSSR count). The molecule has 14 heavy (non-hydrogen) atoms. The van der Waals surface area contributed by atoms with Gasteiger partial charge in [-0.2, -0.15) is 0 Å². The van der Waals surface area contributed by atoms with Gasteiger partial charge in [-0.1, -0.05) is 27.7 Å². The maximum absolute atomic E-state index is 12.0. The molecule has 0 radical (unpaired) electrons. The molecule has 0 spiro atoms. The highest BCUT2D eigenvalue weighted by atomic mass is 16.2. The molecule has 0 aromatic heterocycles. The summed E-state index contributed by atoms with van der Waals surface area (Å²) in [4.78, 5) is 13.9. The van der Waals surface area contributed by atoms with Gasteiger partial charge in [-0.15, -0.1) is 0 Å². The number of carbonyl (C=O) groups excluding carboxylic acids is 1. The summed E-state index contributed by atoms with van der Waals surface area (Å²) in [6.07, 6.45) is 0. The maximum Gasteiger partial charge on any atom is 0.241 e. The summed E-state index contributed by atoms with van der Waals surface area (Å²) in [7, 11) is 0. The van der Waals surface area contributed by atoms with Crippen LogP contribution in [0.5, 0.6) is 0 Å². The highest BCUT2D eigenvalue weighted by Crippen LogP contribution is 2.18. The second kappa shape index (κ2) is 4.30. The van der Waals surface area contributed by atoms with Crippen molar-refractivity contribution in [3.05, 3.63) is 0 Å². The molecule has 0 saturated carbocycles. The van der Waals surface area contributed by atoms with Gasteiger partial charge in [-0.25, -0.2) is 0 Å². The fourth-order valence-corrected chi connectivity index (χ4v) is 1.77. The number of carbonyl (C=O) groups is 1. The maximum atomic E-state index is 12.0. The van der Waals surface area contributed by atoms with Gasteiger partial charge in [0, 0.05) is 6.04 Å². The van der Waals surface area contributed by atoms with E-state index in [0.29, 0.717) is 24.5 Å². The second-order valence-corrected chi connectivity index (χ2v) is 4.88. The molecule has 0 aliphatic carbocycles. The number of rotatable bonds is 3. The molecular weight excluding hydrogens is 176 g/mol. The van der Waals surface area contributed by atoms with Crippen LogP contribution in [0.2, 0.25) is 0 Å². The summed E-state index contributed by atoms with van der Waals surface area (Å²) in [5.74, 6) is 1.17. The van der Waals surface area contributed by atoms with Crippen molar-refractivity contribution < 1.29 is 4.79 Å². The lowest BCUT2D eigenvalue weighted by molar-refractivity contribution is -0.132. The molecule has 1 amide bonds. The van der Waals surface area contributed by atoms with E-state index in [1.54, 1.807) is 0 Å². The van der Waals surface area contributed by atoms with Crippen LogP contribution < -0.4 is 5.32 Å². The lowest BCUT2D eigenvalue weighted by atomic mass is 10.0. The molecule has 2 unspecified atom stereocenters. The van der Waals surface area contributed by atoms with Gasteiger partial charge in [0.25, 0.3) is 0 Å². The van der Waals surface area contributed by atoms with Gasteiger partial charge in [-0.3, -0.25) is 10.1 Å². The molecule has 82 valence electrons.